The number of ketones is 1. The van der Waals surface area contributed by atoms with Crippen molar-refractivity contribution in [2.75, 3.05) is 17.7 Å². The molecule has 0 bridgehead atoms. The summed E-state index contributed by atoms with van der Waals surface area (Å²) in [4.78, 5) is 25.7. The number of carboxylic acids is 1. The minimum atomic E-state index is -1.09. The molecule has 0 aromatic heterocycles. The SMILES string of the molecule is CN1c2ccccc2C(C=Cc2ccc(N)cc2)=CC1C(=O)CCC(N)C(=O)O. The normalized spacial score (nSPS) is 17.0. The zero-order valence-corrected chi connectivity index (χ0v) is 16.3. The van der Waals surface area contributed by atoms with Gasteiger partial charge in [0.25, 0.3) is 0 Å². The molecule has 2 unspecified atom stereocenters. The van der Waals surface area contributed by atoms with E-state index in [-0.39, 0.29) is 18.6 Å². The zero-order chi connectivity index (χ0) is 21.0. The lowest BCUT2D eigenvalue weighted by atomic mass is 9.91. The van der Waals surface area contributed by atoms with E-state index in [1.807, 2.05) is 78.7 Å². The summed E-state index contributed by atoms with van der Waals surface area (Å²) in [5.41, 5.74) is 15.9. The zero-order valence-electron chi connectivity index (χ0n) is 16.3. The Labute approximate surface area is 170 Å². The number of carbonyl (C=O) groups excluding carboxylic acids is 1. The van der Waals surface area contributed by atoms with Crippen molar-refractivity contribution >= 4 is 34.8 Å². The largest absolute Gasteiger partial charge is 0.480 e. The van der Waals surface area contributed by atoms with Crippen molar-refractivity contribution in [3.05, 3.63) is 71.8 Å². The fraction of sp³-hybridized carbons (Fsp3) is 0.217. The molecule has 0 saturated heterocycles. The number of fused-ring (bicyclic) bond motifs is 1. The molecule has 0 aliphatic carbocycles. The van der Waals surface area contributed by atoms with E-state index in [2.05, 4.69) is 0 Å². The van der Waals surface area contributed by atoms with Crippen LogP contribution in [0.3, 0.4) is 0 Å². The Morgan fingerprint density at radius 3 is 2.52 bits per heavy atom. The van der Waals surface area contributed by atoms with Crippen molar-refractivity contribution in [2.24, 2.45) is 5.73 Å². The van der Waals surface area contributed by atoms with Gasteiger partial charge in [0.05, 0.1) is 0 Å². The van der Waals surface area contributed by atoms with Crippen molar-refractivity contribution < 1.29 is 14.7 Å². The number of benzene rings is 2. The number of hydrogen-bond acceptors (Lipinski definition) is 5. The summed E-state index contributed by atoms with van der Waals surface area (Å²) in [6, 6.07) is 13.9. The maximum absolute atomic E-state index is 12.8. The number of hydrogen-bond donors (Lipinski definition) is 3. The Bertz CT molecular complexity index is 964. The third kappa shape index (κ3) is 4.73. The average Bonchev–Trinajstić information content (AvgIpc) is 2.72. The first-order valence-electron chi connectivity index (χ1n) is 9.45. The number of rotatable bonds is 7. The molecule has 2 atom stereocenters. The van der Waals surface area contributed by atoms with E-state index in [1.54, 1.807) is 0 Å². The van der Waals surface area contributed by atoms with Gasteiger partial charge in [0, 0.05) is 30.4 Å². The van der Waals surface area contributed by atoms with Gasteiger partial charge in [0.15, 0.2) is 5.78 Å². The maximum Gasteiger partial charge on any atom is 0.320 e. The van der Waals surface area contributed by atoms with Crippen LogP contribution in [-0.2, 0) is 9.59 Å². The molecule has 150 valence electrons. The molecule has 0 spiro atoms. The monoisotopic (exact) mass is 391 g/mol. The van der Waals surface area contributed by atoms with E-state index in [9.17, 15) is 9.59 Å². The predicted octanol–water partition coefficient (Wildman–Crippen LogP) is 2.95. The van der Waals surface area contributed by atoms with Gasteiger partial charge in [-0.2, -0.15) is 0 Å². The summed E-state index contributed by atoms with van der Waals surface area (Å²) in [5, 5.41) is 8.95. The summed E-state index contributed by atoms with van der Waals surface area (Å²) in [5.74, 6) is -1.15. The second-order valence-electron chi connectivity index (χ2n) is 7.14. The summed E-state index contributed by atoms with van der Waals surface area (Å²) in [6.45, 7) is 0. The van der Waals surface area contributed by atoms with E-state index < -0.39 is 18.1 Å². The molecule has 2 aromatic carbocycles. The van der Waals surface area contributed by atoms with Crippen LogP contribution in [0.2, 0.25) is 0 Å². The number of likely N-dealkylation sites (N-methyl/N-ethyl adjacent to an activating group) is 1. The van der Waals surface area contributed by atoms with Crippen LogP contribution in [0.5, 0.6) is 0 Å². The Morgan fingerprint density at radius 2 is 1.83 bits per heavy atom. The molecular formula is C23H25N3O3. The highest BCUT2D eigenvalue weighted by Crippen LogP contribution is 2.35. The van der Waals surface area contributed by atoms with E-state index in [4.69, 9.17) is 16.6 Å². The third-order valence-corrected chi connectivity index (χ3v) is 5.09. The number of carbonyl (C=O) groups is 2. The highest BCUT2D eigenvalue weighted by molar-refractivity contribution is 5.98. The molecule has 0 amide bonds. The smallest absolute Gasteiger partial charge is 0.320 e. The van der Waals surface area contributed by atoms with Crippen molar-refractivity contribution in [2.45, 2.75) is 24.9 Å². The second kappa shape index (κ2) is 8.75. The number of Topliss-reactive ketones (excluding diaryl/α,β-unsaturated/α-hetero) is 1. The van der Waals surface area contributed by atoms with Gasteiger partial charge in [-0.1, -0.05) is 42.5 Å². The van der Waals surface area contributed by atoms with Crippen molar-refractivity contribution in [1.29, 1.82) is 0 Å². The van der Waals surface area contributed by atoms with Gasteiger partial charge >= 0.3 is 5.97 Å². The van der Waals surface area contributed by atoms with Crippen LogP contribution < -0.4 is 16.4 Å². The van der Waals surface area contributed by atoms with Gasteiger partial charge in [-0.15, -0.1) is 0 Å². The van der Waals surface area contributed by atoms with Crippen molar-refractivity contribution in [3.63, 3.8) is 0 Å². The van der Waals surface area contributed by atoms with E-state index in [1.165, 1.54) is 0 Å². The topological polar surface area (TPSA) is 110 Å². The summed E-state index contributed by atoms with van der Waals surface area (Å²) >= 11 is 0. The van der Waals surface area contributed by atoms with Gasteiger partial charge in [-0.3, -0.25) is 9.59 Å². The van der Waals surface area contributed by atoms with Gasteiger partial charge in [-0.25, -0.2) is 0 Å². The number of carboxylic acid groups (broad SMARTS) is 1. The standard InChI is InChI=1S/C23H25N3O3/c1-26-20-5-3-2-4-18(20)16(9-6-15-7-10-17(24)11-8-15)14-21(26)22(27)13-12-19(25)23(28)29/h2-11,14,19,21H,12-13,24-25H2,1H3,(H,28,29). The molecule has 5 N–H and O–H groups in total. The second-order valence-corrected chi connectivity index (χ2v) is 7.14. The fourth-order valence-corrected chi connectivity index (χ4v) is 3.36. The molecular weight excluding hydrogens is 366 g/mol. The molecule has 0 saturated carbocycles. The summed E-state index contributed by atoms with van der Waals surface area (Å²) < 4.78 is 0. The van der Waals surface area contributed by atoms with Crippen LogP contribution in [0.1, 0.15) is 24.0 Å². The first-order valence-corrected chi connectivity index (χ1v) is 9.45. The minimum Gasteiger partial charge on any atom is -0.480 e. The van der Waals surface area contributed by atoms with Crippen LogP contribution in [0.4, 0.5) is 11.4 Å². The van der Waals surface area contributed by atoms with Crippen LogP contribution in [-0.4, -0.2) is 36.0 Å². The quantitative estimate of drug-likeness (QED) is 0.626. The highest BCUT2D eigenvalue weighted by Gasteiger charge is 2.28. The van der Waals surface area contributed by atoms with Gasteiger partial charge in [0.2, 0.25) is 0 Å². The van der Waals surface area contributed by atoms with Crippen LogP contribution in [0, 0.1) is 0 Å². The number of para-hydroxylation sites is 1. The lowest BCUT2D eigenvalue weighted by Gasteiger charge is -2.33. The third-order valence-electron chi connectivity index (χ3n) is 5.09. The number of nitrogen functional groups attached to an aromatic ring is 1. The fourth-order valence-electron chi connectivity index (χ4n) is 3.36. The predicted molar refractivity (Wildman–Crippen MR) is 116 cm³/mol. The molecule has 0 fully saturated rings. The van der Waals surface area contributed by atoms with Gasteiger partial charge < -0.3 is 21.5 Å². The lowest BCUT2D eigenvalue weighted by molar-refractivity contribution is -0.138. The first kappa shape index (κ1) is 20.4. The van der Waals surface area contributed by atoms with E-state index in [0.717, 1.165) is 22.4 Å². The van der Waals surface area contributed by atoms with Crippen LogP contribution in [0.25, 0.3) is 11.6 Å². The Morgan fingerprint density at radius 1 is 1.14 bits per heavy atom. The molecule has 6 nitrogen and oxygen atoms in total. The molecule has 1 aliphatic heterocycles. The summed E-state index contributed by atoms with van der Waals surface area (Å²) in [6.07, 6.45) is 6.11. The van der Waals surface area contributed by atoms with Crippen LogP contribution >= 0.6 is 0 Å². The number of aliphatic carboxylic acids is 1. The molecule has 0 radical (unpaired) electrons. The van der Waals surface area contributed by atoms with Crippen LogP contribution in [0.15, 0.2) is 60.7 Å². The average molecular weight is 391 g/mol. The number of nitrogens with two attached hydrogens (primary N) is 2. The Hall–Kier alpha value is -3.38. The molecule has 1 heterocycles. The van der Waals surface area contributed by atoms with E-state index >= 15 is 0 Å². The van der Waals surface area contributed by atoms with Crippen molar-refractivity contribution in [1.82, 2.24) is 0 Å². The number of anilines is 2. The molecule has 1 aliphatic rings. The van der Waals surface area contributed by atoms with Gasteiger partial charge in [0.1, 0.15) is 12.1 Å². The molecule has 6 heteroatoms. The minimum absolute atomic E-state index is 0.0583. The Kier molecular flexibility index (Phi) is 6.14. The van der Waals surface area contributed by atoms with E-state index in [0.29, 0.717) is 5.69 Å². The molecule has 2 aromatic rings. The number of nitrogens with zero attached hydrogens (tertiary/aromatic N) is 1. The lowest BCUT2D eigenvalue weighted by Crippen LogP contribution is -2.40. The molecule has 29 heavy (non-hydrogen) atoms. The van der Waals surface area contributed by atoms with Crippen molar-refractivity contribution in [3.8, 4) is 0 Å². The van der Waals surface area contributed by atoms with Gasteiger partial charge in [-0.05, 0) is 41.8 Å². The maximum atomic E-state index is 12.8. The summed E-state index contributed by atoms with van der Waals surface area (Å²) in [7, 11) is 1.87. The number of allylic oxidation sites excluding steroid dienone is 2. The highest BCUT2D eigenvalue weighted by atomic mass is 16.4. The molecule has 3 rings (SSSR count). The first-order chi connectivity index (χ1) is 13.9. The Balaban J connectivity index is 1.87.